The van der Waals surface area contributed by atoms with Crippen LogP contribution in [-0.2, 0) is 0 Å². The summed E-state index contributed by atoms with van der Waals surface area (Å²) in [5, 5.41) is 7.20. The Balaban J connectivity index is 0.000000200. The van der Waals surface area contributed by atoms with Gasteiger partial charge in [-0.05, 0) is 25.8 Å². The van der Waals surface area contributed by atoms with E-state index in [0.717, 1.165) is 35.5 Å². The molecule has 0 saturated heterocycles. The van der Waals surface area contributed by atoms with Gasteiger partial charge in [0.15, 0.2) is 0 Å². The molecule has 3 N–H and O–H groups in total. The van der Waals surface area contributed by atoms with Gasteiger partial charge in [0.1, 0.15) is 17.8 Å². The van der Waals surface area contributed by atoms with Crippen LogP contribution >= 0.6 is 0 Å². The van der Waals surface area contributed by atoms with Crippen molar-refractivity contribution in [3.8, 4) is 0 Å². The lowest BCUT2D eigenvalue weighted by Crippen LogP contribution is -2.30. The molecule has 3 aromatic rings. The molecule has 3 aromatic heterocycles. The molecule has 0 amide bonds. The molecule has 4 rings (SSSR count). The van der Waals surface area contributed by atoms with Gasteiger partial charge in [-0.1, -0.05) is 13.8 Å². The van der Waals surface area contributed by atoms with Gasteiger partial charge in [0, 0.05) is 38.3 Å². The van der Waals surface area contributed by atoms with E-state index >= 15 is 0 Å². The number of aromatic amines is 1. The smallest absolute Gasteiger partial charge is 0.345 e. The minimum atomic E-state index is -0.321. The Morgan fingerprint density at radius 3 is 2.54 bits per heavy atom. The maximum Gasteiger partial charge on any atom is 0.345 e. The first-order valence-corrected chi connectivity index (χ1v) is 9.31. The first-order valence-electron chi connectivity index (χ1n) is 9.31. The molecule has 0 fully saturated rings. The summed E-state index contributed by atoms with van der Waals surface area (Å²) in [6.45, 7) is 9.85. The van der Waals surface area contributed by atoms with E-state index in [9.17, 15) is 9.59 Å². The average Bonchev–Trinajstić information content (AvgIpc) is 2.68. The third-order valence-electron chi connectivity index (χ3n) is 4.40. The second-order valence-corrected chi connectivity index (χ2v) is 7.13. The number of rotatable bonds is 2. The number of pyridine rings is 1. The Morgan fingerprint density at radius 1 is 1.07 bits per heavy atom. The molecule has 0 atom stereocenters. The molecule has 0 aromatic carbocycles. The zero-order chi connectivity index (χ0) is 20.3. The summed E-state index contributed by atoms with van der Waals surface area (Å²) in [7, 11) is 0. The van der Waals surface area contributed by atoms with E-state index in [1.165, 1.54) is 0 Å². The highest BCUT2D eigenvalue weighted by Gasteiger charge is 2.16. The van der Waals surface area contributed by atoms with Crippen LogP contribution in [0.5, 0.6) is 0 Å². The third-order valence-corrected chi connectivity index (χ3v) is 4.40. The topological polar surface area (TPSA) is 118 Å². The Bertz CT molecular complexity index is 1090. The van der Waals surface area contributed by atoms with Crippen molar-refractivity contribution in [2.75, 3.05) is 23.7 Å². The molecule has 0 unspecified atom stereocenters. The lowest BCUT2D eigenvalue weighted by Gasteiger charge is -2.24. The minimum Gasteiger partial charge on any atom is -0.376 e. The number of aromatic nitrogens is 5. The summed E-state index contributed by atoms with van der Waals surface area (Å²) in [6.07, 6.45) is 4.87. The van der Waals surface area contributed by atoms with Gasteiger partial charge in [0.05, 0.1) is 11.2 Å². The molecule has 0 aliphatic carbocycles. The zero-order valence-electron chi connectivity index (χ0n) is 16.5. The molecule has 0 spiro atoms. The average molecular weight is 385 g/mol. The predicted molar refractivity (Wildman–Crippen MR) is 112 cm³/mol. The number of nitrogens with one attached hydrogen (secondary N) is 3. The van der Waals surface area contributed by atoms with Crippen LogP contribution in [0.15, 0.2) is 34.4 Å². The molecule has 1 aliphatic heterocycles. The van der Waals surface area contributed by atoms with Gasteiger partial charge in [-0.3, -0.25) is 9.78 Å². The number of nitrogens with zero attached hydrogens (tertiary/aromatic N) is 4. The highest BCUT2D eigenvalue weighted by molar-refractivity contribution is 5.79. The number of H-pyrrole nitrogens is 1. The summed E-state index contributed by atoms with van der Waals surface area (Å²) < 4.78 is 1.96. The second kappa shape index (κ2) is 8.20. The van der Waals surface area contributed by atoms with Gasteiger partial charge in [-0.2, -0.15) is 4.98 Å². The molecule has 1 aliphatic rings. The number of hydrogen-bond donors (Lipinski definition) is 3. The van der Waals surface area contributed by atoms with Crippen LogP contribution in [0.2, 0.25) is 0 Å². The van der Waals surface area contributed by atoms with Crippen LogP contribution in [0, 0.1) is 0 Å². The maximum atomic E-state index is 11.4. The zero-order valence-corrected chi connectivity index (χ0v) is 16.5. The fraction of sp³-hybridized carbons (Fsp3) is 0.421. The predicted octanol–water partition coefficient (Wildman–Crippen LogP) is 2.35. The quantitative estimate of drug-likeness (QED) is 0.620. The summed E-state index contributed by atoms with van der Waals surface area (Å²) in [5.74, 6) is 1.18. The van der Waals surface area contributed by atoms with E-state index in [-0.39, 0.29) is 12.7 Å². The second-order valence-electron chi connectivity index (χ2n) is 7.13. The molecule has 4 heterocycles. The first-order chi connectivity index (χ1) is 13.4. The van der Waals surface area contributed by atoms with E-state index in [0.29, 0.717) is 17.6 Å². The van der Waals surface area contributed by atoms with Gasteiger partial charge < -0.3 is 20.2 Å². The monoisotopic (exact) mass is 385 g/mol. The first kappa shape index (κ1) is 19.5. The molecular weight excluding hydrogens is 358 g/mol. The van der Waals surface area contributed by atoms with Crippen molar-refractivity contribution in [3.63, 3.8) is 0 Å². The molecule has 0 saturated carbocycles. The van der Waals surface area contributed by atoms with Crippen LogP contribution in [-0.4, -0.2) is 37.6 Å². The van der Waals surface area contributed by atoms with Gasteiger partial charge in [-0.15, -0.1) is 0 Å². The van der Waals surface area contributed by atoms with Crippen molar-refractivity contribution >= 4 is 22.4 Å². The summed E-state index contributed by atoms with van der Waals surface area (Å²) in [6, 6.07) is 2.08. The van der Waals surface area contributed by atoms with Crippen LogP contribution in [0.1, 0.15) is 46.8 Å². The van der Waals surface area contributed by atoms with Crippen molar-refractivity contribution in [1.82, 2.24) is 24.5 Å². The Labute approximate surface area is 163 Å². The van der Waals surface area contributed by atoms with Crippen molar-refractivity contribution < 1.29 is 1.43 Å². The Kier molecular flexibility index (Phi) is 5.72. The third kappa shape index (κ3) is 4.03. The minimum absolute atomic E-state index is 0. The highest BCUT2D eigenvalue weighted by Crippen LogP contribution is 2.22. The fourth-order valence-electron chi connectivity index (χ4n) is 3.03. The normalized spacial score (nSPS) is 12.8. The lowest BCUT2D eigenvalue weighted by atomic mass is 10.1. The summed E-state index contributed by atoms with van der Waals surface area (Å²) in [5.41, 5.74) is 1.84. The fourth-order valence-corrected chi connectivity index (χ4v) is 3.03. The number of hydrogen-bond acceptors (Lipinski definition) is 7. The van der Waals surface area contributed by atoms with Crippen LogP contribution < -0.4 is 21.9 Å². The maximum absolute atomic E-state index is 11.4. The van der Waals surface area contributed by atoms with Gasteiger partial charge in [-0.25, -0.2) is 9.78 Å². The van der Waals surface area contributed by atoms with Gasteiger partial charge in [0.25, 0.3) is 5.56 Å². The molecule has 0 radical (unpaired) electrons. The molecule has 150 valence electrons. The van der Waals surface area contributed by atoms with E-state index in [2.05, 4.69) is 58.3 Å². The van der Waals surface area contributed by atoms with E-state index in [1.54, 1.807) is 24.8 Å². The van der Waals surface area contributed by atoms with Crippen molar-refractivity contribution in [1.29, 1.82) is 0 Å². The molecule has 9 nitrogen and oxygen atoms in total. The Hall–Kier alpha value is -3.23. The van der Waals surface area contributed by atoms with E-state index < -0.39 is 0 Å². The lowest BCUT2D eigenvalue weighted by molar-refractivity contribution is 0.587. The van der Waals surface area contributed by atoms with Crippen molar-refractivity contribution in [2.24, 2.45) is 0 Å². The van der Waals surface area contributed by atoms with Crippen LogP contribution in [0.25, 0.3) is 10.9 Å². The number of fused-ring (bicyclic) bond motifs is 2. The standard InChI is InChI=1S/C10H11N3O.C9H14N4O.H2/c1-6(2)9-7-5-12-10(14)13-8(7)3-4-11-9;1-6(2)13-5-12-9(14)7-8(13)11-4-3-10-7;/h3-6H,1-2H3,(H,12,13,14);5-6,10-11H,3-4H2,1-2H3;1H. The van der Waals surface area contributed by atoms with E-state index in [4.69, 9.17) is 0 Å². The molecular formula is C19H27N7O2. The Morgan fingerprint density at radius 2 is 1.82 bits per heavy atom. The number of anilines is 2. The largest absolute Gasteiger partial charge is 0.376 e. The van der Waals surface area contributed by atoms with Crippen molar-refractivity contribution in [2.45, 2.75) is 39.7 Å². The SMILES string of the molecule is CC(C)c1nccc2[nH]c(=O)ncc12.CC(C)n1cnc(=O)c2c1NCCN2.[HH]. The summed E-state index contributed by atoms with van der Waals surface area (Å²) in [4.78, 5) is 36.9. The van der Waals surface area contributed by atoms with Gasteiger partial charge in [0.2, 0.25) is 0 Å². The molecule has 9 heteroatoms. The van der Waals surface area contributed by atoms with Crippen LogP contribution in [0.3, 0.4) is 0 Å². The molecule has 28 heavy (non-hydrogen) atoms. The van der Waals surface area contributed by atoms with E-state index in [1.807, 2.05) is 4.57 Å². The van der Waals surface area contributed by atoms with Gasteiger partial charge >= 0.3 is 5.69 Å². The van der Waals surface area contributed by atoms with Crippen molar-refractivity contribution in [3.05, 3.63) is 51.3 Å². The molecule has 0 bridgehead atoms. The highest BCUT2D eigenvalue weighted by atomic mass is 16.1. The summed E-state index contributed by atoms with van der Waals surface area (Å²) >= 11 is 0. The van der Waals surface area contributed by atoms with Crippen LogP contribution in [0.4, 0.5) is 11.5 Å².